The van der Waals surface area contributed by atoms with Crippen molar-refractivity contribution in [3.63, 3.8) is 0 Å². The minimum atomic E-state index is -1.82. The van der Waals surface area contributed by atoms with E-state index >= 15 is 0 Å². The Morgan fingerprint density at radius 2 is 1.45 bits per heavy atom. The van der Waals surface area contributed by atoms with Crippen molar-refractivity contribution in [2.75, 3.05) is 26.2 Å². The lowest BCUT2D eigenvalue weighted by Gasteiger charge is -2.37. The van der Waals surface area contributed by atoms with Gasteiger partial charge in [-0.2, -0.15) is 0 Å². The molecule has 0 aliphatic carbocycles. The van der Waals surface area contributed by atoms with E-state index in [4.69, 9.17) is 23.1 Å². The Hall–Kier alpha value is -7.89. The molecule has 1 aromatic heterocycles. The number of nitrogens with two attached hydrogens (primary N) is 2. The zero-order chi connectivity index (χ0) is 54.7. The maximum absolute atomic E-state index is 14.9. The highest BCUT2D eigenvalue weighted by Gasteiger charge is 2.52. The molecule has 396 valence electrons. The molecular weight excluding hydrogens is 982 g/mol. The van der Waals surface area contributed by atoms with Crippen LogP contribution >= 0.6 is 11.6 Å². The third kappa shape index (κ3) is 12.4. The van der Waals surface area contributed by atoms with Crippen molar-refractivity contribution in [1.82, 2.24) is 31.2 Å². The molecule has 0 spiro atoms. The number of carbonyl (C=O) groups is 4. The standard InChI is InChI=1S/C59H66ClN9O7/c1-36(2)44-34-64-45-26-16-15-25-42(45)48(44)43-33-38(27-28-46(43)70)53(72)68-51(49(60)47(71)35-65-57(61)62)56(75)69-32-29-58(5,76)52(69)55(74)67-50(37(3)4)54(73)63-30-17-18-31-66-59(39-19-9-6-10-20-39,40-21-11-7-12-22-40)41-23-13-8-14-24-41/h6-16,19-28,33-34,47,49,51-52,66,70-71,76H,1,17-18,29-32,35H2,2-5H3,(H,63,73)(H,67,74)(H,68,72)(H4,61,62,65). The fourth-order valence-electron chi connectivity index (χ4n) is 9.73. The van der Waals surface area contributed by atoms with Crippen LogP contribution in [0.4, 0.5) is 0 Å². The number of aromatic nitrogens is 1. The van der Waals surface area contributed by atoms with Gasteiger partial charge in [-0.1, -0.05) is 116 Å². The van der Waals surface area contributed by atoms with Gasteiger partial charge in [-0.05, 0) is 106 Å². The molecule has 1 aliphatic rings. The Bertz CT molecular complexity index is 3030. The van der Waals surface area contributed by atoms with E-state index in [1.165, 1.54) is 25.1 Å². The van der Waals surface area contributed by atoms with E-state index in [0.29, 0.717) is 52.6 Å². The molecule has 5 aromatic carbocycles. The lowest BCUT2D eigenvalue weighted by Crippen LogP contribution is -2.61. The summed E-state index contributed by atoms with van der Waals surface area (Å²) in [4.78, 5) is 67.0. The second-order valence-corrected chi connectivity index (χ2v) is 20.0. The molecule has 0 bridgehead atoms. The second kappa shape index (κ2) is 24.6. The number of hydrogen-bond donors (Lipinski definition) is 9. The van der Waals surface area contributed by atoms with Gasteiger partial charge in [0.05, 0.1) is 34.7 Å². The van der Waals surface area contributed by atoms with Gasteiger partial charge in [-0.3, -0.25) is 34.5 Å². The number of aliphatic hydroxyl groups excluding tert-OH is 1. The van der Waals surface area contributed by atoms with E-state index in [1.807, 2.05) is 78.9 Å². The van der Waals surface area contributed by atoms with E-state index in [1.54, 1.807) is 27.0 Å². The first-order chi connectivity index (χ1) is 36.3. The van der Waals surface area contributed by atoms with Gasteiger partial charge in [0.15, 0.2) is 5.96 Å². The first-order valence-corrected chi connectivity index (χ1v) is 25.6. The van der Waals surface area contributed by atoms with Gasteiger partial charge in [0.25, 0.3) is 11.8 Å². The number of nitrogens with zero attached hydrogens (tertiary/aromatic N) is 3. The van der Waals surface area contributed by atoms with E-state index in [0.717, 1.165) is 21.6 Å². The Kier molecular flexibility index (Phi) is 18.1. The number of rotatable bonds is 21. The minimum Gasteiger partial charge on any atom is -0.507 e. The zero-order valence-electron chi connectivity index (χ0n) is 43.1. The van der Waals surface area contributed by atoms with Crippen molar-refractivity contribution in [3.8, 4) is 16.9 Å². The lowest BCUT2D eigenvalue weighted by molar-refractivity contribution is -0.145. The molecule has 6 aromatic rings. The molecule has 0 saturated carbocycles. The number of allylic oxidation sites excluding steroid dienone is 2. The highest BCUT2D eigenvalue weighted by molar-refractivity contribution is 6.23. The molecule has 0 radical (unpaired) electrons. The van der Waals surface area contributed by atoms with E-state index in [9.17, 15) is 34.5 Å². The highest BCUT2D eigenvalue weighted by atomic mass is 35.5. The number of aliphatic hydroxyl groups is 2. The Morgan fingerprint density at radius 1 is 0.868 bits per heavy atom. The van der Waals surface area contributed by atoms with Crippen LogP contribution in [-0.2, 0) is 19.9 Å². The topological polar surface area (TPSA) is 258 Å². The number of aliphatic imine (C=N–C) groups is 1. The smallest absolute Gasteiger partial charge is 0.267 e. The normalized spacial score (nSPS) is 16.5. The van der Waals surface area contributed by atoms with Crippen LogP contribution in [0.25, 0.3) is 27.6 Å². The molecule has 5 atom stereocenters. The Labute approximate surface area is 448 Å². The summed E-state index contributed by atoms with van der Waals surface area (Å²) in [5.41, 5.74) is 15.0. The van der Waals surface area contributed by atoms with Crippen molar-refractivity contribution < 1.29 is 34.5 Å². The molecule has 16 nitrogen and oxygen atoms in total. The average molecular weight is 1050 g/mol. The molecule has 7 rings (SSSR count). The largest absolute Gasteiger partial charge is 0.507 e. The number of hydrogen-bond acceptors (Lipinski definition) is 10. The lowest BCUT2D eigenvalue weighted by atomic mass is 9.77. The van der Waals surface area contributed by atoms with Crippen LogP contribution in [-0.4, -0.2) is 110 Å². The van der Waals surface area contributed by atoms with Gasteiger partial charge in [0.2, 0.25) is 11.8 Å². The number of fused-ring (bicyclic) bond motifs is 1. The van der Waals surface area contributed by atoms with Gasteiger partial charge < -0.3 is 47.6 Å². The molecule has 1 fully saturated rings. The quantitative estimate of drug-likeness (QED) is 0.00977. The van der Waals surface area contributed by atoms with Crippen molar-refractivity contribution in [2.24, 2.45) is 16.5 Å². The average Bonchev–Trinajstić information content (AvgIpc) is 3.75. The molecule has 1 aliphatic heterocycles. The maximum atomic E-state index is 14.9. The van der Waals surface area contributed by atoms with Gasteiger partial charge in [0, 0.05) is 46.9 Å². The maximum Gasteiger partial charge on any atom is 0.267 e. The van der Waals surface area contributed by atoms with Crippen molar-refractivity contribution in [3.05, 3.63) is 185 Å². The molecule has 17 heteroatoms. The second-order valence-electron chi connectivity index (χ2n) is 19.4. The van der Waals surface area contributed by atoms with Crippen molar-refractivity contribution in [2.45, 2.75) is 81.7 Å². The number of phenolic OH excluding ortho intramolecular Hbond substituents is 1. The summed E-state index contributed by atoms with van der Waals surface area (Å²) in [6.07, 6.45) is 1.22. The predicted octanol–water partition coefficient (Wildman–Crippen LogP) is 6.22. The van der Waals surface area contributed by atoms with Crippen molar-refractivity contribution >= 4 is 57.7 Å². The number of unbranched alkanes of at least 4 members (excludes halogenated alkanes) is 1. The highest BCUT2D eigenvalue weighted by Crippen LogP contribution is 2.40. The number of carbonyl (C=O) groups excluding carboxylic acids is 4. The fourth-order valence-corrected chi connectivity index (χ4v) is 9.98. The van der Waals surface area contributed by atoms with Gasteiger partial charge in [-0.15, -0.1) is 11.6 Å². The molecule has 5 unspecified atom stereocenters. The summed E-state index contributed by atoms with van der Waals surface area (Å²) < 4.78 is 0. The van der Waals surface area contributed by atoms with Crippen molar-refractivity contribution in [1.29, 1.82) is 0 Å². The molecule has 11 N–H and O–H groups in total. The van der Waals surface area contributed by atoms with Crippen LogP contribution in [0.3, 0.4) is 0 Å². The van der Waals surface area contributed by atoms with Crippen LogP contribution < -0.4 is 32.7 Å². The summed E-state index contributed by atoms with van der Waals surface area (Å²) in [5, 5.41) is 45.4. The van der Waals surface area contributed by atoms with Crippen LogP contribution in [0.5, 0.6) is 5.75 Å². The summed E-state index contributed by atoms with van der Waals surface area (Å²) in [6, 6.07) is 38.8. The minimum absolute atomic E-state index is 0.000379. The Morgan fingerprint density at radius 3 is 2.03 bits per heavy atom. The number of alkyl halides is 1. The number of benzene rings is 5. The monoisotopic (exact) mass is 1050 g/mol. The fraction of sp³-hybridized carbons (Fsp3) is 0.288. The first kappa shape index (κ1) is 55.9. The zero-order valence-corrected chi connectivity index (χ0v) is 43.9. The number of halogens is 1. The summed E-state index contributed by atoms with van der Waals surface area (Å²) in [7, 11) is 0. The number of nitrogens with one attached hydrogen (secondary N) is 4. The number of aromatic hydroxyl groups is 1. The number of para-hydroxylation sites is 1. The third-order valence-electron chi connectivity index (χ3n) is 13.6. The number of pyridine rings is 1. The molecule has 2 heterocycles. The summed E-state index contributed by atoms with van der Waals surface area (Å²) in [6.45, 7) is 10.8. The number of likely N-dealkylation sites (tertiary alicyclic amines) is 1. The van der Waals surface area contributed by atoms with Crippen LogP contribution in [0, 0.1) is 0 Å². The van der Waals surface area contributed by atoms with Crippen LogP contribution in [0.1, 0.15) is 79.6 Å². The summed E-state index contributed by atoms with van der Waals surface area (Å²) >= 11 is 6.86. The van der Waals surface area contributed by atoms with Gasteiger partial charge >= 0.3 is 0 Å². The molecule has 1 saturated heterocycles. The molecular formula is C59H66ClN9O7. The van der Waals surface area contributed by atoms with Gasteiger partial charge in [-0.25, -0.2) is 0 Å². The van der Waals surface area contributed by atoms with Crippen LogP contribution in [0.15, 0.2) is 162 Å². The van der Waals surface area contributed by atoms with Crippen LogP contribution in [0.2, 0.25) is 0 Å². The van der Waals surface area contributed by atoms with Gasteiger partial charge in [0.1, 0.15) is 23.5 Å². The predicted molar refractivity (Wildman–Crippen MR) is 298 cm³/mol. The molecule has 4 amide bonds. The van der Waals surface area contributed by atoms with E-state index < -0.39 is 64.9 Å². The number of amides is 4. The SMILES string of the molecule is C=C(C)c1cnc2ccccc2c1-c1cc(C(=O)NC(C(=O)N2CCC(C)(O)C2C(=O)NC(C(=O)NCCCCNC(c2ccccc2)(c2ccccc2)c2ccccc2)=C(C)C)C(Cl)C(O)CN=C(N)N)ccc1O. The summed E-state index contributed by atoms with van der Waals surface area (Å²) in [5.74, 6) is -3.70. The molecule has 76 heavy (non-hydrogen) atoms. The van der Waals surface area contributed by atoms with E-state index in [-0.39, 0.29) is 48.0 Å². The van der Waals surface area contributed by atoms with E-state index in [2.05, 4.69) is 74.2 Å². The third-order valence-corrected chi connectivity index (χ3v) is 14.2. The number of guanidine groups is 1. The number of phenols is 1. The Balaban J connectivity index is 1.07. The first-order valence-electron chi connectivity index (χ1n) is 25.1.